The first-order valence-electron chi connectivity index (χ1n) is 7.61. The molecule has 0 unspecified atom stereocenters. The molecule has 0 amide bonds. The van der Waals surface area contributed by atoms with E-state index in [1.807, 2.05) is 57.2 Å². The summed E-state index contributed by atoms with van der Waals surface area (Å²) < 4.78 is 28.1. The second-order valence-corrected chi connectivity index (χ2v) is 7.87. The third-order valence-electron chi connectivity index (χ3n) is 4.34. The van der Waals surface area contributed by atoms with Gasteiger partial charge in [0.1, 0.15) is 0 Å². The second kappa shape index (κ2) is 5.43. The van der Waals surface area contributed by atoms with Gasteiger partial charge in [-0.3, -0.25) is 4.31 Å². The van der Waals surface area contributed by atoms with Crippen LogP contribution < -0.4 is 4.31 Å². The first-order valence-corrected chi connectivity index (χ1v) is 9.05. The fourth-order valence-corrected chi connectivity index (χ4v) is 5.15. The monoisotopic (exact) mass is 315 g/mol. The molecule has 0 spiro atoms. The molecule has 0 radical (unpaired) electrons. The maximum atomic E-state index is 13.3. The molecule has 0 saturated heterocycles. The van der Waals surface area contributed by atoms with Crippen LogP contribution in [0.25, 0.3) is 0 Å². The number of benzene rings is 2. The average molecular weight is 315 g/mol. The molecule has 0 bridgehead atoms. The number of nitrogens with zero attached hydrogens (tertiary/aromatic N) is 1. The van der Waals surface area contributed by atoms with Gasteiger partial charge < -0.3 is 0 Å². The molecule has 1 heterocycles. The van der Waals surface area contributed by atoms with Crippen LogP contribution in [0.4, 0.5) is 5.69 Å². The van der Waals surface area contributed by atoms with Gasteiger partial charge in [-0.25, -0.2) is 8.42 Å². The van der Waals surface area contributed by atoms with Crippen LogP contribution in [0.2, 0.25) is 0 Å². The average Bonchev–Trinajstić information content (AvgIpc) is 2.49. The summed E-state index contributed by atoms with van der Waals surface area (Å²) in [4.78, 5) is 0.413. The molecule has 0 N–H and O–H groups in total. The Hall–Kier alpha value is -1.81. The summed E-state index contributed by atoms with van der Waals surface area (Å²) >= 11 is 0. The Morgan fingerprint density at radius 1 is 1.09 bits per heavy atom. The summed E-state index contributed by atoms with van der Waals surface area (Å²) in [7, 11) is -3.54. The van der Waals surface area contributed by atoms with E-state index >= 15 is 0 Å². The lowest BCUT2D eigenvalue weighted by atomic mass is 9.99. The van der Waals surface area contributed by atoms with Gasteiger partial charge in [0.2, 0.25) is 0 Å². The van der Waals surface area contributed by atoms with Crippen LogP contribution in [0.5, 0.6) is 0 Å². The molecule has 0 fully saturated rings. The minimum absolute atomic E-state index is 0.0280. The molecular formula is C18H21NO2S. The van der Waals surface area contributed by atoms with E-state index in [1.54, 1.807) is 10.4 Å². The van der Waals surface area contributed by atoms with Gasteiger partial charge in [-0.2, -0.15) is 0 Å². The van der Waals surface area contributed by atoms with E-state index in [1.165, 1.54) is 0 Å². The third-order valence-corrected chi connectivity index (χ3v) is 6.41. The Balaban J connectivity index is 2.19. The van der Waals surface area contributed by atoms with Crippen LogP contribution in [-0.2, 0) is 16.4 Å². The molecule has 3 rings (SSSR count). The molecule has 2 aromatic rings. The van der Waals surface area contributed by atoms with Crippen LogP contribution in [0, 0.1) is 13.8 Å². The summed E-state index contributed by atoms with van der Waals surface area (Å²) in [6, 6.07) is 13.4. The summed E-state index contributed by atoms with van der Waals surface area (Å²) in [5.74, 6) is 0. The molecule has 1 aliphatic heterocycles. The minimum atomic E-state index is -3.54. The normalized spacial score (nSPS) is 18.1. The molecule has 1 atom stereocenters. The third kappa shape index (κ3) is 2.41. The predicted octanol–water partition coefficient (Wildman–Crippen LogP) is 3.83. The van der Waals surface area contributed by atoms with Crippen molar-refractivity contribution in [2.45, 2.75) is 44.6 Å². The fraction of sp³-hybridized carbons (Fsp3) is 0.333. The molecule has 2 aromatic carbocycles. The Morgan fingerprint density at radius 2 is 1.82 bits per heavy atom. The van der Waals surface area contributed by atoms with Gasteiger partial charge in [-0.15, -0.1) is 0 Å². The smallest absolute Gasteiger partial charge is 0.263 e. The van der Waals surface area contributed by atoms with Gasteiger partial charge in [0.25, 0.3) is 10.0 Å². The number of para-hydroxylation sites is 1. The van der Waals surface area contributed by atoms with Crippen molar-refractivity contribution < 1.29 is 8.42 Å². The van der Waals surface area contributed by atoms with Crippen molar-refractivity contribution in [1.29, 1.82) is 0 Å². The maximum absolute atomic E-state index is 13.3. The zero-order chi connectivity index (χ0) is 15.9. The van der Waals surface area contributed by atoms with Crippen molar-refractivity contribution in [3.63, 3.8) is 0 Å². The molecule has 0 aliphatic carbocycles. The Kier molecular flexibility index (Phi) is 3.73. The standard InChI is InChI=1S/C18H21NO2S/c1-13-8-9-14(2)18(12-13)22(20,21)19-15(3)10-11-16-6-4-5-7-17(16)19/h4-9,12,15H,10-11H2,1-3H3/t15-/m1/s1. The minimum Gasteiger partial charge on any atom is -0.263 e. The van der Waals surface area contributed by atoms with Crippen LogP contribution >= 0.6 is 0 Å². The van der Waals surface area contributed by atoms with Gasteiger partial charge in [0.05, 0.1) is 10.6 Å². The zero-order valence-corrected chi connectivity index (χ0v) is 14.0. The number of anilines is 1. The van der Waals surface area contributed by atoms with Crippen LogP contribution in [0.1, 0.15) is 30.0 Å². The second-order valence-electron chi connectivity index (χ2n) is 6.09. The van der Waals surface area contributed by atoms with E-state index in [4.69, 9.17) is 0 Å². The van der Waals surface area contributed by atoms with E-state index in [-0.39, 0.29) is 6.04 Å². The summed E-state index contributed by atoms with van der Waals surface area (Å²) in [6.07, 6.45) is 1.78. The molecular weight excluding hydrogens is 294 g/mol. The Bertz CT molecular complexity index is 812. The van der Waals surface area contributed by atoms with Crippen LogP contribution in [0.3, 0.4) is 0 Å². The molecule has 0 saturated carbocycles. The van der Waals surface area contributed by atoms with E-state index in [0.29, 0.717) is 4.90 Å². The Morgan fingerprint density at radius 3 is 2.59 bits per heavy atom. The molecule has 1 aliphatic rings. The van der Waals surface area contributed by atoms with Crippen molar-refractivity contribution in [2.75, 3.05) is 4.31 Å². The van der Waals surface area contributed by atoms with Crippen molar-refractivity contribution in [3.05, 3.63) is 59.2 Å². The molecule has 0 aromatic heterocycles. The van der Waals surface area contributed by atoms with Gasteiger partial charge in [-0.1, -0.05) is 30.3 Å². The quantitative estimate of drug-likeness (QED) is 0.844. The molecule has 3 nitrogen and oxygen atoms in total. The Labute approximate surface area is 132 Å². The van der Waals surface area contributed by atoms with Gasteiger partial charge in [-0.05, 0) is 62.4 Å². The van der Waals surface area contributed by atoms with Gasteiger partial charge in [0.15, 0.2) is 0 Å². The number of aryl methyl sites for hydroxylation is 3. The SMILES string of the molecule is Cc1ccc(C)c(S(=O)(=O)N2c3ccccc3CC[C@H]2C)c1. The topological polar surface area (TPSA) is 37.4 Å². The van der Waals surface area contributed by atoms with Crippen molar-refractivity contribution >= 4 is 15.7 Å². The first-order chi connectivity index (χ1) is 10.4. The number of fused-ring (bicyclic) bond motifs is 1. The maximum Gasteiger partial charge on any atom is 0.264 e. The molecule has 116 valence electrons. The molecule has 4 heteroatoms. The first kappa shape index (κ1) is 15.1. The number of hydrogen-bond acceptors (Lipinski definition) is 2. The van der Waals surface area contributed by atoms with E-state index < -0.39 is 10.0 Å². The zero-order valence-electron chi connectivity index (χ0n) is 13.2. The lowest BCUT2D eigenvalue weighted by Gasteiger charge is -2.36. The highest BCUT2D eigenvalue weighted by molar-refractivity contribution is 7.93. The highest BCUT2D eigenvalue weighted by Crippen LogP contribution is 2.36. The van der Waals surface area contributed by atoms with Crippen molar-refractivity contribution in [2.24, 2.45) is 0 Å². The summed E-state index contributed by atoms with van der Waals surface area (Å²) in [6.45, 7) is 5.76. The number of sulfonamides is 1. The van der Waals surface area contributed by atoms with Gasteiger partial charge >= 0.3 is 0 Å². The van der Waals surface area contributed by atoms with Crippen molar-refractivity contribution in [3.8, 4) is 0 Å². The fourth-order valence-electron chi connectivity index (χ4n) is 3.11. The largest absolute Gasteiger partial charge is 0.264 e. The highest BCUT2D eigenvalue weighted by atomic mass is 32.2. The lowest BCUT2D eigenvalue weighted by Crippen LogP contribution is -2.42. The van der Waals surface area contributed by atoms with E-state index in [9.17, 15) is 8.42 Å². The number of rotatable bonds is 2. The summed E-state index contributed by atoms with van der Waals surface area (Å²) in [5.41, 5.74) is 3.68. The predicted molar refractivity (Wildman–Crippen MR) is 89.8 cm³/mol. The van der Waals surface area contributed by atoms with Crippen LogP contribution in [-0.4, -0.2) is 14.5 Å². The van der Waals surface area contributed by atoms with Crippen LogP contribution in [0.15, 0.2) is 47.4 Å². The summed E-state index contributed by atoms with van der Waals surface area (Å²) in [5, 5.41) is 0. The number of hydrogen-bond donors (Lipinski definition) is 0. The van der Waals surface area contributed by atoms with Gasteiger partial charge in [0, 0.05) is 6.04 Å². The van der Waals surface area contributed by atoms with Crippen molar-refractivity contribution in [1.82, 2.24) is 0 Å². The highest BCUT2D eigenvalue weighted by Gasteiger charge is 2.34. The van der Waals surface area contributed by atoms with E-state index in [0.717, 1.165) is 35.2 Å². The molecule has 22 heavy (non-hydrogen) atoms. The lowest BCUT2D eigenvalue weighted by molar-refractivity contribution is 0.562. The van der Waals surface area contributed by atoms with E-state index in [2.05, 4.69) is 0 Å².